The van der Waals surface area contributed by atoms with Crippen molar-refractivity contribution >= 4 is 11.7 Å². The second-order valence-corrected chi connectivity index (χ2v) is 2.68. The van der Waals surface area contributed by atoms with E-state index in [0.29, 0.717) is 18.8 Å². The Balaban J connectivity index is 2.65. The third-order valence-electron chi connectivity index (χ3n) is 1.85. The van der Waals surface area contributed by atoms with Gasteiger partial charge in [-0.25, -0.2) is 0 Å². The van der Waals surface area contributed by atoms with Crippen LogP contribution in [-0.4, -0.2) is 29.2 Å². The smallest absolute Gasteiger partial charge is 0.240 e. The standard InChI is InChI=1S/C7H12N3O/c1-5(8)10-4-2-3-6(10)7(9)11/h2,6,8H,3-4H2,1H3,(H2,9,11). The minimum absolute atomic E-state index is 0.285. The maximum atomic E-state index is 10.8. The number of carbonyl (C=O) groups excluding carboxylic acids is 1. The van der Waals surface area contributed by atoms with E-state index in [0.717, 1.165) is 0 Å². The lowest BCUT2D eigenvalue weighted by molar-refractivity contribution is -0.121. The molecule has 4 heteroatoms. The van der Waals surface area contributed by atoms with Crippen molar-refractivity contribution < 1.29 is 4.79 Å². The van der Waals surface area contributed by atoms with Crippen LogP contribution in [0.1, 0.15) is 13.3 Å². The zero-order chi connectivity index (χ0) is 8.43. The number of likely N-dealkylation sites (tertiary alicyclic amines) is 1. The van der Waals surface area contributed by atoms with E-state index >= 15 is 0 Å². The molecule has 1 unspecified atom stereocenters. The summed E-state index contributed by atoms with van der Waals surface area (Å²) in [4.78, 5) is 12.5. The minimum Gasteiger partial charge on any atom is -0.368 e. The lowest BCUT2D eigenvalue weighted by Crippen LogP contribution is -2.42. The molecule has 11 heavy (non-hydrogen) atoms. The molecule has 1 aliphatic heterocycles. The Bertz CT molecular complexity index is 170. The SMILES string of the molecule is CC(=N)N1C[CH]CC1C(N)=O. The zero-order valence-corrected chi connectivity index (χ0v) is 6.50. The molecule has 1 heterocycles. The van der Waals surface area contributed by atoms with Crippen LogP contribution in [0.3, 0.4) is 0 Å². The van der Waals surface area contributed by atoms with Gasteiger partial charge in [-0.1, -0.05) is 0 Å². The van der Waals surface area contributed by atoms with Crippen LogP contribution >= 0.6 is 0 Å². The molecule has 0 aliphatic carbocycles. The first-order valence-electron chi connectivity index (χ1n) is 3.55. The summed E-state index contributed by atoms with van der Waals surface area (Å²) in [5.74, 6) is 0.0629. The van der Waals surface area contributed by atoms with Crippen molar-refractivity contribution in [1.29, 1.82) is 5.41 Å². The number of hydrogen-bond donors (Lipinski definition) is 2. The fourth-order valence-electron chi connectivity index (χ4n) is 1.27. The number of amides is 1. The Morgan fingerprint density at radius 3 is 2.82 bits per heavy atom. The number of amidine groups is 1. The molecule has 0 bridgehead atoms. The highest BCUT2D eigenvalue weighted by molar-refractivity contribution is 5.87. The van der Waals surface area contributed by atoms with Gasteiger partial charge in [-0.2, -0.15) is 0 Å². The summed E-state index contributed by atoms with van der Waals surface area (Å²) in [6.45, 7) is 2.33. The molecular formula is C7H12N3O. The molecule has 1 amide bonds. The summed E-state index contributed by atoms with van der Waals surface area (Å²) in [5.41, 5.74) is 5.13. The van der Waals surface area contributed by atoms with Gasteiger partial charge in [0.15, 0.2) is 0 Å². The Morgan fingerprint density at radius 2 is 2.45 bits per heavy atom. The Kier molecular flexibility index (Phi) is 2.12. The first-order valence-corrected chi connectivity index (χ1v) is 3.55. The van der Waals surface area contributed by atoms with Crippen molar-refractivity contribution in [2.75, 3.05) is 6.54 Å². The van der Waals surface area contributed by atoms with Crippen LogP contribution in [-0.2, 0) is 4.79 Å². The lowest BCUT2D eigenvalue weighted by atomic mass is 10.2. The highest BCUT2D eigenvalue weighted by Crippen LogP contribution is 2.15. The topological polar surface area (TPSA) is 70.2 Å². The predicted octanol–water partition coefficient (Wildman–Crippen LogP) is -0.253. The molecule has 1 fully saturated rings. The Morgan fingerprint density at radius 1 is 1.82 bits per heavy atom. The van der Waals surface area contributed by atoms with Crippen LogP contribution in [0.4, 0.5) is 0 Å². The quantitative estimate of drug-likeness (QED) is 0.404. The van der Waals surface area contributed by atoms with Gasteiger partial charge in [0.2, 0.25) is 5.91 Å². The summed E-state index contributed by atoms with van der Waals surface area (Å²) in [5, 5.41) is 7.31. The van der Waals surface area contributed by atoms with Gasteiger partial charge in [0.25, 0.3) is 0 Å². The van der Waals surface area contributed by atoms with E-state index in [1.807, 2.05) is 6.42 Å². The monoisotopic (exact) mass is 154 g/mol. The van der Waals surface area contributed by atoms with Crippen molar-refractivity contribution in [3.63, 3.8) is 0 Å². The predicted molar refractivity (Wildman–Crippen MR) is 42.0 cm³/mol. The highest BCUT2D eigenvalue weighted by Gasteiger charge is 2.28. The van der Waals surface area contributed by atoms with Gasteiger partial charge in [0.05, 0.1) is 5.84 Å². The molecule has 0 aromatic heterocycles. The largest absolute Gasteiger partial charge is 0.368 e. The number of rotatable bonds is 1. The van der Waals surface area contributed by atoms with Gasteiger partial charge in [0.1, 0.15) is 6.04 Å². The second-order valence-electron chi connectivity index (χ2n) is 2.68. The van der Waals surface area contributed by atoms with Gasteiger partial charge in [0, 0.05) is 6.54 Å². The van der Waals surface area contributed by atoms with E-state index in [9.17, 15) is 4.79 Å². The van der Waals surface area contributed by atoms with E-state index in [4.69, 9.17) is 11.1 Å². The number of nitrogens with one attached hydrogen (secondary N) is 1. The van der Waals surface area contributed by atoms with E-state index in [1.165, 1.54) is 0 Å². The molecule has 0 spiro atoms. The van der Waals surface area contributed by atoms with Gasteiger partial charge in [-0.05, 0) is 19.8 Å². The van der Waals surface area contributed by atoms with Gasteiger partial charge < -0.3 is 10.6 Å². The summed E-state index contributed by atoms with van der Waals surface area (Å²) < 4.78 is 0. The molecule has 3 N–H and O–H groups in total. The first kappa shape index (κ1) is 8.04. The summed E-state index contributed by atoms with van der Waals surface area (Å²) in [7, 11) is 0. The molecule has 0 aromatic carbocycles. The number of primary amides is 1. The van der Waals surface area contributed by atoms with E-state index in [2.05, 4.69) is 0 Å². The van der Waals surface area contributed by atoms with Crippen molar-refractivity contribution in [3.05, 3.63) is 6.42 Å². The molecule has 0 aromatic rings. The van der Waals surface area contributed by atoms with Gasteiger partial charge in [-0.15, -0.1) is 0 Å². The Labute approximate surface area is 65.9 Å². The van der Waals surface area contributed by atoms with Crippen molar-refractivity contribution in [3.8, 4) is 0 Å². The van der Waals surface area contributed by atoms with Crippen LogP contribution in [0, 0.1) is 11.8 Å². The summed E-state index contributed by atoms with van der Waals surface area (Å²) >= 11 is 0. The summed E-state index contributed by atoms with van der Waals surface area (Å²) in [6.07, 6.45) is 2.64. The van der Waals surface area contributed by atoms with E-state index < -0.39 is 0 Å². The first-order chi connectivity index (χ1) is 5.13. The molecule has 0 saturated carbocycles. The van der Waals surface area contributed by atoms with Crippen molar-refractivity contribution in [1.82, 2.24) is 4.90 Å². The van der Waals surface area contributed by atoms with Crippen LogP contribution in [0.5, 0.6) is 0 Å². The van der Waals surface area contributed by atoms with Crippen LogP contribution in [0.15, 0.2) is 0 Å². The fraction of sp³-hybridized carbons (Fsp3) is 0.571. The number of nitrogens with zero attached hydrogens (tertiary/aromatic N) is 1. The molecule has 1 atom stereocenters. The molecule has 1 radical (unpaired) electrons. The van der Waals surface area contributed by atoms with E-state index in [-0.39, 0.29) is 11.9 Å². The number of hydrogen-bond acceptors (Lipinski definition) is 2. The molecule has 4 nitrogen and oxygen atoms in total. The van der Waals surface area contributed by atoms with E-state index in [1.54, 1.807) is 11.8 Å². The fourth-order valence-corrected chi connectivity index (χ4v) is 1.27. The average molecular weight is 154 g/mol. The summed E-state index contributed by atoms with van der Waals surface area (Å²) in [6, 6.07) is -0.285. The average Bonchev–Trinajstić information content (AvgIpc) is 2.32. The molecule has 1 saturated heterocycles. The van der Waals surface area contributed by atoms with Crippen molar-refractivity contribution in [2.24, 2.45) is 5.73 Å². The van der Waals surface area contributed by atoms with Crippen LogP contribution < -0.4 is 5.73 Å². The number of nitrogens with two attached hydrogens (primary N) is 1. The zero-order valence-electron chi connectivity index (χ0n) is 6.50. The lowest BCUT2D eigenvalue weighted by Gasteiger charge is -2.22. The van der Waals surface area contributed by atoms with Crippen LogP contribution in [0.25, 0.3) is 0 Å². The maximum absolute atomic E-state index is 10.8. The molecular weight excluding hydrogens is 142 g/mol. The highest BCUT2D eigenvalue weighted by atomic mass is 16.1. The maximum Gasteiger partial charge on any atom is 0.240 e. The third kappa shape index (κ3) is 1.50. The third-order valence-corrected chi connectivity index (χ3v) is 1.85. The van der Waals surface area contributed by atoms with Crippen molar-refractivity contribution in [2.45, 2.75) is 19.4 Å². The molecule has 1 aliphatic rings. The van der Waals surface area contributed by atoms with Gasteiger partial charge in [-0.3, -0.25) is 10.2 Å². The van der Waals surface area contributed by atoms with Crippen LogP contribution in [0.2, 0.25) is 0 Å². The normalized spacial score (nSPS) is 23.7. The number of carbonyl (C=O) groups is 1. The van der Waals surface area contributed by atoms with Gasteiger partial charge >= 0.3 is 0 Å². The Hall–Kier alpha value is -1.06. The molecule has 61 valence electrons. The molecule has 1 rings (SSSR count). The second kappa shape index (κ2) is 2.90. The minimum atomic E-state index is -0.342.